The summed E-state index contributed by atoms with van der Waals surface area (Å²) < 4.78 is 2.03. The van der Waals surface area contributed by atoms with Crippen LogP contribution in [0.2, 0.25) is 0 Å². The number of hydrogen-bond donors (Lipinski definition) is 1. The maximum atomic E-state index is 13.4. The average Bonchev–Trinajstić information content (AvgIpc) is 3.46. The number of carbonyl (C=O) groups is 1. The smallest absolute Gasteiger partial charge is 0.245 e. The highest BCUT2D eigenvalue weighted by atomic mass is 16.2. The Hall–Kier alpha value is -3.14. The molecule has 174 valence electrons. The van der Waals surface area contributed by atoms with Gasteiger partial charge in [-0.15, -0.1) is 0 Å². The summed E-state index contributed by atoms with van der Waals surface area (Å²) in [5, 5.41) is 3.39. The molecule has 3 aromatic rings. The molecule has 5 rings (SSSR count). The zero-order valence-electron chi connectivity index (χ0n) is 19.5. The Morgan fingerprint density at radius 2 is 1.97 bits per heavy atom. The van der Waals surface area contributed by atoms with Crippen molar-refractivity contribution in [2.24, 2.45) is 0 Å². The molecule has 0 aromatic carbocycles. The van der Waals surface area contributed by atoms with Gasteiger partial charge >= 0.3 is 0 Å². The molecule has 10 heteroatoms. The minimum absolute atomic E-state index is 0.137. The van der Waals surface area contributed by atoms with Gasteiger partial charge in [-0.1, -0.05) is 6.92 Å². The SMILES string of the molecule is CC[C@H](Nc1ncnc2c1nc(-c1cnc(C)nc1)n2CC)C(=O)N1CCN2CCC[C@@H]2C1. The third kappa shape index (κ3) is 4.03. The highest BCUT2D eigenvalue weighted by Crippen LogP contribution is 2.27. The molecule has 0 bridgehead atoms. The molecule has 0 aliphatic carbocycles. The third-order valence-corrected chi connectivity index (χ3v) is 6.80. The first-order valence-corrected chi connectivity index (χ1v) is 11.9. The minimum Gasteiger partial charge on any atom is -0.356 e. The number of amides is 1. The van der Waals surface area contributed by atoms with Crippen molar-refractivity contribution in [3.05, 3.63) is 24.5 Å². The first kappa shape index (κ1) is 21.7. The summed E-state index contributed by atoms with van der Waals surface area (Å²) >= 11 is 0. The molecule has 1 N–H and O–H groups in total. The highest BCUT2D eigenvalue weighted by molar-refractivity contribution is 5.90. The van der Waals surface area contributed by atoms with Crippen molar-refractivity contribution in [3.8, 4) is 11.4 Å². The van der Waals surface area contributed by atoms with Gasteiger partial charge in [0.2, 0.25) is 5.91 Å². The van der Waals surface area contributed by atoms with Crippen LogP contribution in [0.25, 0.3) is 22.6 Å². The number of aromatic nitrogens is 6. The molecular weight excluding hydrogens is 418 g/mol. The number of aryl methyl sites for hydroxylation is 2. The van der Waals surface area contributed by atoms with Crippen molar-refractivity contribution in [3.63, 3.8) is 0 Å². The highest BCUT2D eigenvalue weighted by Gasteiger charge is 2.34. The van der Waals surface area contributed by atoms with Gasteiger partial charge in [-0.25, -0.2) is 24.9 Å². The predicted octanol–water partition coefficient (Wildman–Crippen LogP) is 2.11. The van der Waals surface area contributed by atoms with Gasteiger partial charge in [0, 0.05) is 44.6 Å². The van der Waals surface area contributed by atoms with E-state index in [-0.39, 0.29) is 11.9 Å². The molecule has 0 unspecified atom stereocenters. The fraction of sp³-hybridized carbons (Fsp3) is 0.565. The summed E-state index contributed by atoms with van der Waals surface area (Å²) in [5.41, 5.74) is 2.21. The molecule has 2 atom stereocenters. The van der Waals surface area contributed by atoms with Crippen molar-refractivity contribution < 1.29 is 4.79 Å². The van der Waals surface area contributed by atoms with Crippen molar-refractivity contribution in [2.45, 2.75) is 58.7 Å². The summed E-state index contributed by atoms with van der Waals surface area (Å²) in [5.74, 6) is 2.18. The number of imidazole rings is 1. The fourth-order valence-corrected chi connectivity index (χ4v) is 4.99. The molecule has 3 aromatic heterocycles. The van der Waals surface area contributed by atoms with Crippen molar-refractivity contribution in [1.82, 2.24) is 39.3 Å². The molecule has 10 nitrogen and oxygen atoms in total. The van der Waals surface area contributed by atoms with Crippen LogP contribution in [0.4, 0.5) is 5.82 Å². The molecule has 2 saturated heterocycles. The third-order valence-electron chi connectivity index (χ3n) is 6.80. The number of rotatable bonds is 6. The Labute approximate surface area is 193 Å². The first-order chi connectivity index (χ1) is 16.1. The van der Waals surface area contributed by atoms with Crippen LogP contribution in [-0.2, 0) is 11.3 Å². The van der Waals surface area contributed by atoms with Crippen molar-refractivity contribution in [2.75, 3.05) is 31.5 Å². The Morgan fingerprint density at radius 1 is 1.15 bits per heavy atom. The van der Waals surface area contributed by atoms with E-state index in [1.165, 1.54) is 19.2 Å². The van der Waals surface area contributed by atoms with E-state index < -0.39 is 0 Å². The lowest BCUT2D eigenvalue weighted by molar-refractivity contribution is -0.134. The van der Waals surface area contributed by atoms with E-state index in [9.17, 15) is 4.79 Å². The van der Waals surface area contributed by atoms with E-state index in [1.54, 1.807) is 12.4 Å². The average molecular weight is 450 g/mol. The number of nitrogens with one attached hydrogen (secondary N) is 1. The molecule has 2 aliphatic rings. The molecule has 0 spiro atoms. The van der Waals surface area contributed by atoms with Crippen LogP contribution >= 0.6 is 0 Å². The number of fused-ring (bicyclic) bond motifs is 2. The van der Waals surface area contributed by atoms with Crippen LogP contribution in [0.15, 0.2) is 18.7 Å². The summed E-state index contributed by atoms with van der Waals surface area (Å²) in [6, 6.07) is 0.152. The number of nitrogens with zero attached hydrogens (tertiary/aromatic N) is 8. The lowest BCUT2D eigenvalue weighted by Crippen LogP contribution is -2.55. The lowest BCUT2D eigenvalue weighted by atomic mass is 10.1. The zero-order valence-corrected chi connectivity index (χ0v) is 19.5. The van der Waals surface area contributed by atoms with E-state index in [0.29, 0.717) is 36.2 Å². The molecule has 0 saturated carbocycles. The van der Waals surface area contributed by atoms with Crippen LogP contribution < -0.4 is 5.32 Å². The van der Waals surface area contributed by atoms with Crippen LogP contribution in [0.1, 0.15) is 38.9 Å². The molecule has 1 amide bonds. The van der Waals surface area contributed by atoms with Gasteiger partial charge in [0.15, 0.2) is 17.0 Å². The van der Waals surface area contributed by atoms with E-state index in [1.807, 2.05) is 23.3 Å². The minimum atomic E-state index is -0.353. The molecular formula is C23H31N9O. The lowest BCUT2D eigenvalue weighted by Gasteiger charge is -2.39. The number of hydrogen-bond acceptors (Lipinski definition) is 8. The predicted molar refractivity (Wildman–Crippen MR) is 126 cm³/mol. The summed E-state index contributed by atoms with van der Waals surface area (Å²) in [7, 11) is 0. The fourth-order valence-electron chi connectivity index (χ4n) is 4.99. The van der Waals surface area contributed by atoms with Crippen LogP contribution in [0, 0.1) is 6.92 Å². The second kappa shape index (κ2) is 9.01. The maximum absolute atomic E-state index is 13.4. The Balaban J connectivity index is 1.43. The van der Waals surface area contributed by atoms with Crippen LogP contribution in [0.5, 0.6) is 0 Å². The summed E-state index contributed by atoms with van der Waals surface area (Å²) in [6.45, 7) is 10.4. The van der Waals surface area contributed by atoms with Gasteiger partial charge in [0.25, 0.3) is 0 Å². The number of carbonyl (C=O) groups excluding carboxylic acids is 1. The van der Waals surface area contributed by atoms with Crippen LogP contribution in [-0.4, -0.2) is 83.5 Å². The largest absolute Gasteiger partial charge is 0.356 e. The van der Waals surface area contributed by atoms with E-state index in [0.717, 1.165) is 43.2 Å². The molecule has 2 aliphatic heterocycles. The molecule has 33 heavy (non-hydrogen) atoms. The standard InChI is InChI=1S/C23H31N9O/c1-4-18(23(33)31-10-9-30-8-6-7-17(30)13-31)28-20-19-22(27-14-26-20)32(5-2)21(29-19)16-11-24-15(3)25-12-16/h11-12,14,17-18H,4-10,13H2,1-3H3,(H,26,27,28)/t17-,18+/m1/s1. The van der Waals surface area contributed by atoms with E-state index in [4.69, 9.17) is 4.98 Å². The molecule has 2 fully saturated rings. The quantitative estimate of drug-likeness (QED) is 0.610. The monoisotopic (exact) mass is 449 g/mol. The second-order valence-corrected chi connectivity index (χ2v) is 8.81. The van der Waals surface area contributed by atoms with E-state index >= 15 is 0 Å². The zero-order chi connectivity index (χ0) is 22.9. The van der Waals surface area contributed by atoms with E-state index in [2.05, 4.69) is 37.1 Å². The Kier molecular flexibility index (Phi) is 5.92. The normalized spacial score (nSPS) is 19.6. The molecule has 5 heterocycles. The van der Waals surface area contributed by atoms with Gasteiger partial charge in [-0.05, 0) is 39.7 Å². The van der Waals surface area contributed by atoms with Gasteiger partial charge in [0.1, 0.15) is 24.0 Å². The first-order valence-electron chi connectivity index (χ1n) is 11.9. The van der Waals surface area contributed by atoms with Gasteiger partial charge in [-0.3, -0.25) is 9.69 Å². The van der Waals surface area contributed by atoms with Gasteiger partial charge in [-0.2, -0.15) is 0 Å². The topological polar surface area (TPSA) is 105 Å². The van der Waals surface area contributed by atoms with Crippen molar-refractivity contribution >= 4 is 22.9 Å². The second-order valence-electron chi connectivity index (χ2n) is 8.81. The Bertz CT molecular complexity index is 1140. The Morgan fingerprint density at radius 3 is 2.73 bits per heavy atom. The summed E-state index contributed by atoms with van der Waals surface area (Å²) in [4.78, 5) is 40.4. The van der Waals surface area contributed by atoms with Crippen molar-refractivity contribution in [1.29, 1.82) is 0 Å². The maximum Gasteiger partial charge on any atom is 0.245 e. The molecule has 0 radical (unpaired) electrons. The number of piperazine rings is 1. The van der Waals surface area contributed by atoms with Gasteiger partial charge < -0.3 is 14.8 Å². The summed E-state index contributed by atoms with van der Waals surface area (Å²) in [6.07, 6.45) is 8.16. The van der Waals surface area contributed by atoms with Gasteiger partial charge in [0.05, 0.1) is 5.56 Å². The van der Waals surface area contributed by atoms with Crippen LogP contribution in [0.3, 0.4) is 0 Å². The number of anilines is 1.